The van der Waals surface area contributed by atoms with Crippen LogP contribution in [0.2, 0.25) is 0 Å². The number of nitrogens with zero attached hydrogens (tertiary/aromatic N) is 1. The highest BCUT2D eigenvalue weighted by atomic mass is 32.1. The van der Waals surface area contributed by atoms with Gasteiger partial charge in [-0.2, -0.15) is 0 Å². The van der Waals surface area contributed by atoms with Gasteiger partial charge >= 0.3 is 0 Å². The van der Waals surface area contributed by atoms with Gasteiger partial charge in [-0.15, -0.1) is 11.3 Å². The van der Waals surface area contributed by atoms with Crippen LogP contribution in [0, 0.1) is 19.7 Å². The number of nitrogens with one attached hydrogen (secondary N) is 1. The van der Waals surface area contributed by atoms with E-state index >= 15 is 0 Å². The molecule has 1 amide bonds. The molecule has 0 saturated heterocycles. The van der Waals surface area contributed by atoms with Gasteiger partial charge in [-0.1, -0.05) is 17.7 Å². The first-order chi connectivity index (χ1) is 13.5. The van der Waals surface area contributed by atoms with E-state index < -0.39 is 0 Å². The molecule has 0 spiro atoms. The molecule has 4 nitrogen and oxygen atoms in total. The zero-order valence-electron chi connectivity index (χ0n) is 15.6. The van der Waals surface area contributed by atoms with Crippen LogP contribution < -0.4 is 5.32 Å². The highest BCUT2D eigenvalue weighted by molar-refractivity contribution is 7.21. The molecular formula is C22H19FN2O2S. The summed E-state index contributed by atoms with van der Waals surface area (Å²) >= 11 is 1.38. The summed E-state index contributed by atoms with van der Waals surface area (Å²) in [7, 11) is 0. The molecule has 0 aliphatic rings. The molecule has 0 aliphatic carbocycles. The Labute approximate surface area is 166 Å². The Kier molecular flexibility index (Phi) is 4.96. The van der Waals surface area contributed by atoms with Gasteiger partial charge in [0.1, 0.15) is 12.1 Å². The van der Waals surface area contributed by atoms with Crippen molar-refractivity contribution in [2.75, 3.05) is 6.54 Å². The lowest BCUT2D eigenvalue weighted by Gasteiger charge is -2.03. The number of fused-ring (bicyclic) bond motifs is 1. The van der Waals surface area contributed by atoms with Gasteiger partial charge in [-0.25, -0.2) is 9.37 Å². The van der Waals surface area contributed by atoms with Gasteiger partial charge < -0.3 is 9.73 Å². The Hall–Kier alpha value is -2.99. The van der Waals surface area contributed by atoms with Gasteiger partial charge in [0.25, 0.3) is 5.91 Å². The molecule has 0 radical (unpaired) electrons. The van der Waals surface area contributed by atoms with Crippen LogP contribution in [0.25, 0.3) is 21.5 Å². The summed E-state index contributed by atoms with van der Waals surface area (Å²) in [6.07, 6.45) is 2.19. The molecule has 2 aromatic carbocycles. The number of oxazole rings is 1. The van der Waals surface area contributed by atoms with Crippen molar-refractivity contribution < 1.29 is 13.6 Å². The molecule has 4 rings (SSSR count). The minimum atomic E-state index is -0.296. The number of carbonyl (C=O) groups excluding carboxylic acids is 1. The van der Waals surface area contributed by atoms with E-state index in [1.165, 1.54) is 29.0 Å². The lowest BCUT2D eigenvalue weighted by molar-refractivity contribution is 0.0957. The monoisotopic (exact) mass is 394 g/mol. The maximum atomic E-state index is 13.4. The van der Waals surface area contributed by atoms with E-state index in [1.54, 1.807) is 12.3 Å². The highest BCUT2D eigenvalue weighted by Crippen LogP contribution is 2.31. The summed E-state index contributed by atoms with van der Waals surface area (Å²) in [5.41, 5.74) is 3.69. The molecule has 4 aromatic rings. The number of aryl methyl sites for hydroxylation is 2. The summed E-state index contributed by atoms with van der Waals surface area (Å²) in [4.78, 5) is 17.6. The molecule has 0 bridgehead atoms. The second-order valence-electron chi connectivity index (χ2n) is 6.71. The van der Waals surface area contributed by atoms with Crippen molar-refractivity contribution in [2.45, 2.75) is 20.3 Å². The molecular weight excluding hydrogens is 375 g/mol. The molecule has 142 valence electrons. The van der Waals surface area contributed by atoms with Crippen molar-refractivity contribution in [3.05, 3.63) is 76.2 Å². The third-order valence-electron chi connectivity index (χ3n) is 4.62. The Morgan fingerprint density at radius 2 is 1.96 bits per heavy atom. The van der Waals surface area contributed by atoms with Crippen LogP contribution in [0.4, 0.5) is 4.39 Å². The Morgan fingerprint density at radius 3 is 2.75 bits per heavy atom. The lowest BCUT2D eigenvalue weighted by Crippen LogP contribution is -2.25. The average molecular weight is 394 g/mol. The highest BCUT2D eigenvalue weighted by Gasteiger charge is 2.16. The van der Waals surface area contributed by atoms with Crippen molar-refractivity contribution in [3.8, 4) is 11.5 Å². The predicted octanol–water partition coefficient (Wildman–Crippen LogP) is 5.28. The standard InChI is InChI=1S/C22H19FN2O2S/c1-13-3-5-15(6-4-13)22-25-17(12-27-22)9-10-24-21(26)20-14(2)18-11-16(23)7-8-19(18)28-20/h3-8,11-12H,9-10H2,1-2H3,(H,24,26). The first kappa shape index (κ1) is 18.4. The molecule has 2 aromatic heterocycles. The van der Waals surface area contributed by atoms with Crippen molar-refractivity contribution in [2.24, 2.45) is 0 Å². The number of thiophene rings is 1. The van der Waals surface area contributed by atoms with Gasteiger partial charge in [-0.3, -0.25) is 4.79 Å². The van der Waals surface area contributed by atoms with E-state index in [0.717, 1.165) is 26.9 Å². The van der Waals surface area contributed by atoms with E-state index in [0.29, 0.717) is 23.7 Å². The predicted molar refractivity (Wildman–Crippen MR) is 109 cm³/mol. The van der Waals surface area contributed by atoms with Gasteiger partial charge in [0.2, 0.25) is 5.89 Å². The van der Waals surface area contributed by atoms with Gasteiger partial charge in [0.05, 0.1) is 10.6 Å². The van der Waals surface area contributed by atoms with E-state index in [4.69, 9.17) is 4.42 Å². The third-order valence-corrected chi connectivity index (χ3v) is 5.89. The topological polar surface area (TPSA) is 55.1 Å². The normalized spacial score (nSPS) is 11.1. The molecule has 1 N–H and O–H groups in total. The summed E-state index contributed by atoms with van der Waals surface area (Å²) < 4.78 is 19.9. The van der Waals surface area contributed by atoms with E-state index in [1.807, 2.05) is 38.1 Å². The fourth-order valence-corrected chi connectivity index (χ4v) is 4.15. The quantitative estimate of drug-likeness (QED) is 0.501. The number of amides is 1. The van der Waals surface area contributed by atoms with E-state index in [-0.39, 0.29) is 11.7 Å². The second kappa shape index (κ2) is 7.56. The minimum Gasteiger partial charge on any atom is -0.444 e. The van der Waals surface area contributed by atoms with Crippen LogP contribution in [0.15, 0.2) is 53.1 Å². The van der Waals surface area contributed by atoms with Crippen LogP contribution in [0.1, 0.15) is 26.5 Å². The fraction of sp³-hybridized carbons (Fsp3) is 0.182. The zero-order chi connectivity index (χ0) is 19.7. The number of carbonyl (C=O) groups is 1. The summed E-state index contributed by atoms with van der Waals surface area (Å²) in [5, 5.41) is 3.70. The van der Waals surface area contributed by atoms with E-state index in [2.05, 4.69) is 10.3 Å². The minimum absolute atomic E-state index is 0.152. The Balaban J connectivity index is 1.40. The molecule has 0 atom stereocenters. The van der Waals surface area contributed by atoms with Gasteiger partial charge in [0.15, 0.2) is 0 Å². The molecule has 0 unspecified atom stereocenters. The number of aromatic nitrogens is 1. The van der Waals surface area contributed by atoms with Crippen molar-refractivity contribution in [1.29, 1.82) is 0 Å². The first-order valence-corrected chi connectivity index (χ1v) is 9.81. The maximum absolute atomic E-state index is 13.4. The molecule has 6 heteroatoms. The van der Waals surface area contributed by atoms with Crippen LogP contribution in [-0.4, -0.2) is 17.4 Å². The SMILES string of the molecule is Cc1ccc(-c2nc(CCNC(=O)c3sc4ccc(F)cc4c3C)co2)cc1. The molecule has 0 fully saturated rings. The third kappa shape index (κ3) is 3.68. The van der Waals surface area contributed by atoms with Crippen molar-refractivity contribution in [1.82, 2.24) is 10.3 Å². The average Bonchev–Trinajstić information content (AvgIpc) is 3.28. The molecule has 2 heterocycles. The fourth-order valence-electron chi connectivity index (χ4n) is 3.04. The number of benzene rings is 2. The molecule has 0 saturated carbocycles. The number of hydrogen-bond donors (Lipinski definition) is 1. The van der Waals surface area contributed by atoms with Crippen LogP contribution in [-0.2, 0) is 6.42 Å². The van der Waals surface area contributed by atoms with Crippen LogP contribution in [0.3, 0.4) is 0 Å². The second-order valence-corrected chi connectivity index (χ2v) is 7.76. The summed E-state index contributed by atoms with van der Waals surface area (Å²) in [5.74, 6) is 0.126. The lowest BCUT2D eigenvalue weighted by atomic mass is 10.1. The van der Waals surface area contributed by atoms with E-state index in [9.17, 15) is 9.18 Å². The van der Waals surface area contributed by atoms with Crippen molar-refractivity contribution >= 4 is 27.3 Å². The summed E-state index contributed by atoms with van der Waals surface area (Å²) in [6, 6.07) is 12.6. The molecule has 28 heavy (non-hydrogen) atoms. The maximum Gasteiger partial charge on any atom is 0.261 e. The molecule has 0 aliphatic heterocycles. The smallest absolute Gasteiger partial charge is 0.261 e. The zero-order valence-corrected chi connectivity index (χ0v) is 16.4. The van der Waals surface area contributed by atoms with Crippen LogP contribution >= 0.6 is 11.3 Å². The number of rotatable bonds is 5. The van der Waals surface area contributed by atoms with Gasteiger partial charge in [0, 0.05) is 23.2 Å². The Morgan fingerprint density at radius 1 is 1.18 bits per heavy atom. The first-order valence-electron chi connectivity index (χ1n) is 8.99. The number of hydrogen-bond acceptors (Lipinski definition) is 4. The number of halogens is 1. The summed E-state index contributed by atoms with van der Waals surface area (Å²) in [6.45, 7) is 4.32. The van der Waals surface area contributed by atoms with Crippen LogP contribution in [0.5, 0.6) is 0 Å². The van der Waals surface area contributed by atoms with Gasteiger partial charge in [-0.05, 0) is 55.1 Å². The van der Waals surface area contributed by atoms with Crippen molar-refractivity contribution in [3.63, 3.8) is 0 Å². The largest absolute Gasteiger partial charge is 0.444 e. The Bertz CT molecular complexity index is 1150.